The molecule has 2 aromatic rings. The maximum atomic E-state index is 12.4. The first-order valence-electron chi connectivity index (χ1n) is 9.02. The van der Waals surface area contributed by atoms with Crippen LogP contribution in [0.15, 0.2) is 42.5 Å². The molecule has 0 aromatic heterocycles. The molecule has 28 heavy (non-hydrogen) atoms. The molecule has 6 nitrogen and oxygen atoms in total. The van der Waals surface area contributed by atoms with Gasteiger partial charge in [-0.25, -0.2) is 4.79 Å². The lowest BCUT2D eigenvalue weighted by Crippen LogP contribution is -2.40. The van der Waals surface area contributed by atoms with Crippen LogP contribution in [0.1, 0.15) is 18.1 Å². The van der Waals surface area contributed by atoms with Gasteiger partial charge in [-0.3, -0.25) is 0 Å². The fraction of sp³-hybridized carbons (Fsp3) is 0.350. The van der Waals surface area contributed by atoms with E-state index in [0.29, 0.717) is 18.7 Å². The Morgan fingerprint density at radius 2 is 2.04 bits per heavy atom. The summed E-state index contributed by atoms with van der Waals surface area (Å²) < 4.78 is 40.4. The summed E-state index contributed by atoms with van der Waals surface area (Å²) in [5.41, 5.74) is 1.83. The fourth-order valence-electron chi connectivity index (χ4n) is 2.94. The quantitative estimate of drug-likeness (QED) is 0.722. The van der Waals surface area contributed by atoms with E-state index >= 15 is 0 Å². The molecule has 150 valence electrons. The first kappa shape index (κ1) is 19.7. The van der Waals surface area contributed by atoms with Crippen molar-refractivity contribution in [2.45, 2.75) is 32.6 Å². The summed E-state index contributed by atoms with van der Waals surface area (Å²) in [6.45, 7) is -0.287. The zero-order valence-electron chi connectivity index (χ0n) is 15.4. The molecule has 0 spiro atoms. The Morgan fingerprint density at radius 3 is 2.79 bits per heavy atom. The topological polar surface area (TPSA) is 68.8 Å². The molecule has 0 bridgehead atoms. The molecule has 0 aliphatic carbocycles. The van der Waals surface area contributed by atoms with Crippen LogP contribution in [0.25, 0.3) is 0 Å². The van der Waals surface area contributed by atoms with Crippen molar-refractivity contribution in [3.8, 4) is 17.2 Å². The van der Waals surface area contributed by atoms with Gasteiger partial charge in [0.1, 0.15) is 11.9 Å². The number of hydrogen-bond acceptors (Lipinski definition) is 4. The van der Waals surface area contributed by atoms with Gasteiger partial charge in [0, 0.05) is 13.0 Å². The summed E-state index contributed by atoms with van der Waals surface area (Å²) in [4.78, 5) is 12.0. The summed E-state index contributed by atoms with van der Waals surface area (Å²) >= 11 is 0. The first-order chi connectivity index (χ1) is 13.5. The lowest BCUT2D eigenvalue weighted by molar-refractivity contribution is -0.0514. The van der Waals surface area contributed by atoms with Crippen molar-refractivity contribution in [3.05, 3.63) is 53.6 Å². The molecule has 1 aliphatic heterocycles. The Balaban J connectivity index is 1.47. The molecule has 0 saturated carbocycles. The number of carbonyl (C=O) groups is 1. The van der Waals surface area contributed by atoms with Gasteiger partial charge in [0.25, 0.3) is 0 Å². The van der Waals surface area contributed by atoms with Crippen molar-refractivity contribution < 1.29 is 27.8 Å². The highest BCUT2D eigenvalue weighted by Gasteiger charge is 2.22. The smallest absolute Gasteiger partial charge is 0.387 e. The SMILES string of the molecule is CCOc1cc(CNC(=O)NCC2Cc3ccccc3O2)ccc1OC(F)F. The second kappa shape index (κ2) is 9.25. The van der Waals surface area contributed by atoms with Crippen molar-refractivity contribution in [1.82, 2.24) is 10.6 Å². The van der Waals surface area contributed by atoms with E-state index in [1.165, 1.54) is 6.07 Å². The second-order valence-corrected chi connectivity index (χ2v) is 6.21. The number of rotatable bonds is 8. The van der Waals surface area contributed by atoms with Gasteiger partial charge in [0.15, 0.2) is 11.5 Å². The van der Waals surface area contributed by atoms with E-state index in [1.807, 2.05) is 24.3 Å². The van der Waals surface area contributed by atoms with Crippen molar-refractivity contribution >= 4 is 6.03 Å². The highest BCUT2D eigenvalue weighted by molar-refractivity contribution is 5.73. The monoisotopic (exact) mass is 392 g/mol. The number of halogens is 2. The van der Waals surface area contributed by atoms with E-state index in [9.17, 15) is 13.6 Å². The third-order valence-corrected chi connectivity index (χ3v) is 4.18. The number of amides is 2. The van der Waals surface area contributed by atoms with Gasteiger partial charge in [-0.05, 0) is 36.2 Å². The van der Waals surface area contributed by atoms with Crippen molar-refractivity contribution in [2.24, 2.45) is 0 Å². The zero-order valence-corrected chi connectivity index (χ0v) is 15.4. The second-order valence-electron chi connectivity index (χ2n) is 6.21. The number of ether oxygens (including phenoxy) is 3. The maximum absolute atomic E-state index is 12.4. The van der Waals surface area contributed by atoms with E-state index in [0.717, 1.165) is 17.7 Å². The molecular formula is C20H22F2N2O4. The lowest BCUT2D eigenvalue weighted by atomic mass is 10.1. The summed E-state index contributed by atoms with van der Waals surface area (Å²) in [5, 5.41) is 5.50. The summed E-state index contributed by atoms with van der Waals surface area (Å²) in [7, 11) is 0. The lowest BCUT2D eigenvalue weighted by Gasteiger charge is -2.14. The number of fused-ring (bicyclic) bond motifs is 1. The van der Waals surface area contributed by atoms with Crippen LogP contribution in [-0.4, -0.2) is 31.9 Å². The molecule has 1 unspecified atom stereocenters. The molecule has 2 N–H and O–H groups in total. The van der Waals surface area contributed by atoms with E-state index in [1.54, 1.807) is 19.1 Å². The van der Waals surface area contributed by atoms with Crippen LogP contribution in [0.4, 0.5) is 13.6 Å². The van der Waals surface area contributed by atoms with Crippen molar-refractivity contribution in [3.63, 3.8) is 0 Å². The third kappa shape index (κ3) is 5.25. The molecular weight excluding hydrogens is 370 g/mol. The number of urea groups is 1. The minimum atomic E-state index is -2.93. The van der Waals surface area contributed by atoms with Crippen LogP contribution in [0.2, 0.25) is 0 Å². The van der Waals surface area contributed by atoms with Crippen LogP contribution in [0.3, 0.4) is 0 Å². The number of carbonyl (C=O) groups excluding carboxylic acids is 1. The predicted octanol–water partition coefficient (Wildman–Crippen LogP) is 3.49. The molecule has 2 amide bonds. The van der Waals surface area contributed by atoms with Gasteiger partial charge in [-0.2, -0.15) is 8.78 Å². The Kier molecular flexibility index (Phi) is 6.52. The van der Waals surface area contributed by atoms with Gasteiger partial charge in [-0.15, -0.1) is 0 Å². The number of hydrogen-bond donors (Lipinski definition) is 2. The first-order valence-corrected chi connectivity index (χ1v) is 9.02. The summed E-state index contributed by atoms with van der Waals surface area (Å²) in [5.74, 6) is 1.02. The van der Waals surface area contributed by atoms with Crippen molar-refractivity contribution in [2.75, 3.05) is 13.2 Å². The number of para-hydroxylation sites is 1. The Bertz CT molecular complexity index is 792. The van der Waals surface area contributed by atoms with Gasteiger partial charge < -0.3 is 24.8 Å². The van der Waals surface area contributed by atoms with E-state index in [-0.39, 0.29) is 30.2 Å². The van der Waals surface area contributed by atoms with E-state index in [4.69, 9.17) is 9.47 Å². The number of nitrogens with one attached hydrogen (secondary N) is 2. The highest BCUT2D eigenvalue weighted by Crippen LogP contribution is 2.30. The Morgan fingerprint density at radius 1 is 1.21 bits per heavy atom. The predicted molar refractivity (Wildman–Crippen MR) is 99.0 cm³/mol. The van der Waals surface area contributed by atoms with Gasteiger partial charge >= 0.3 is 12.6 Å². The Hall–Kier alpha value is -3.03. The zero-order chi connectivity index (χ0) is 19.9. The molecule has 0 radical (unpaired) electrons. The van der Waals surface area contributed by atoms with Crippen LogP contribution in [0.5, 0.6) is 17.2 Å². The van der Waals surface area contributed by atoms with Gasteiger partial charge in [0.05, 0.1) is 13.2 Å². The van der Waals surface area contributed by atoms with Gasteiger partial charge in [0.2, 0.25) is 0 Å². The third-order valence-electron chi connectivity index (χ3n) is 4.18. The summed E-state index contributed by atoms with van der Waals surface area (Å²) in [6, 6.07) is 12.0. The van der Waals surface area contributed by atoms with E-state index in [2.05, 4.69) is 15.4 Å². The molecule has 0 saturated heterocycles. The minimum absolute atomic E-state index is 0.0389. The average molecular weight is 392 g/mol. The maximum Gasteiger partial charge on any atom is 0.387 e. The molecule has 1 heterocycles. The fourth-order valence-corrected chi connectivity index (χ4v) is 2.94. The molecule has 1 atom stereocenters. The van der Waals surface area contributed by atoms with Crippen LogP contribution >= 0.6 is 0 Å². The van der Waals surface area contributed by atoms with Crippen LogP contribution in [0, 0.1) is 0 Å². The number of alkyl halides is 2. The molecule has 8 heteroatoms. The highest BCUT2D eigenvalue weighted by atomic mass is 19.3. The Labute approximate surface area is 161 Å². The van der Waals surface area contributed by atoms with Crippen LogP contribution in [-0.2, 0) is 13.0 Å². The average Bonchev–Trinajstić information content (AvgIpc) is 3.09. The molecule has 3 rings (SSSR count). The molecule has 0 fully saturated rings. The molecule has 2 aromatic carbocycles. The number of benzene rings is 2. The standard InChI is InChI=1S/C20H22F2N2O4/c1-2-26-18-9-13(7-8-17(18)28-19(21)22)11-23-20(25)24-12-15-10-14-5-3-4-6-16(14)27-15/h3-9,15,19H,2,10-12H2,1H3,(H2,23,24,25). The molecule has 1 aliphatic rings. The van der Waals surface area contributed by atoms with Crippen molar-refractivity contribution in [1.29, 1.82) is 0 Å². The van der Waals surface area contributed by atoms with Crippen LogP contribution < -0.4 is 24.8 Å². The normalized spacial score (nSPS) is 14.9. The van der Waals surface area contributed by atoms with E-state index < -0.39 is 6.61 Å². The summed E-state index contributed by atoms with van der Waals surface area (Å²) in [6.07, 6.45) is 0.651. The largest absolute Gasteiger partial charge is 0.490 e. The van der Waals surface area contributed by atoms with Gasteiger partial charge in [-0.1, -0.05) is 24.3 Å². The minimum Gasteiger partial charge on any atom is -0.490 e.